The summed E-state index contributed by atoms with van der Waals surface area (Å²) in [4.78, 5) is 18.4. The smallest absolute Gasteiger partial charge is 0.247 e. The van der Waals surface area contributed by atoms with Crippen LogP contribution in [-0.2, 0) is 14.8 Å². The van der Waals surface area contributed by atoms with Gasteiger partial charge in [-0.15, -0.1) is 0 Å². The zero-order valence-electron chi connectivity index (χ0n) is 19.2. The zero-order chi connectivity index (χ0) is 23.8. The molecule has 3 atom stereocenters. The van der Waals surface area contributed by atoms with Gasteiger partial charge in [0.25, 0.3) is 0 Å². The van der Waals surface area contributed by atoms with Gasteiger partial charge in [0.1, 0.15) is 16.7 Å². The fraction of sp³-hybridized carbons (Fsp3) is 0.500. The minimum Gasteiger partial charge on any atom is -0.487 e. The number of aliphatic hydroxyl groups is 1. The molecule has 1 aliphatic heterocycles. The van der Waals surface area contributed by atoms with Crippen LogP contribution in [-0.4, -0.2) is 72.5 Å². The summed E-state index contributed by atoms with van der Waals surface area (Å²) in [6.07, 6.45) is 4.79. The van der Waals surface area contributed by atoms with Gasteiger partial charge in [-0.25, -0.2) is 8.42 Å². The van der Waals surface area contributed by atoms with Crippen LogP contribution in [0.1, 0.15) is 26.7 Å². The Bertz CT molecular complexity index is 1100. The molecule has 33 heavy (non-hydrogen) atoms. The molecule has 9 heteroatoms. The van der Waals surface area contributed by atoms with Crippen molar-refractivity contribution in [1.82, 2.24) is 14.2 Å². The van der Waals surface area contributed by atoms with Gasteiger partial charge in [-0.2, -0.15) is 4.31 Å². The Morgan fingerprint density at radius 2 is 1.94 bits per heavy atom. The molecule has 0 unspecified atom stereocenters. The van der Waals surface area contributed by atoms with Gasteiger partial charge >= 0.3 is 0 Å². The lowest BCUT2D eigenvalue weighted by atomic mass is 10.0. The van der Waals surface area contributed by atoms with Gasteiger partial charge in [0, 0.05) is 43.9 Å². The Labute approximate surface area is 195 Å². The molecule has 2 heterocycles. The highest BCUT2D eigenvalue weighted by Gasteiger charge is 2.39. The van der Waals surface area contributed by atoms with E-state index in [-0.39, 0.29) is 41.5 Å². The maximum absolute atomic E-state index is 13.6. The first kappa shape index (κ1) is 23.7. The molecule has 0 bridgehead atoms. The molecule has 0 spiro atoms. The predicted octanol–water partition coefficient (Wildman–Crippen LogP) is 2.39. The lowest BCUT2D eigenvalue weighted by Gasteiger charge is -2.37. The van der Waals surface area contributed by atoms with E-state index in [2.05, 4.69) is 4.98 Å². The summed E-state index contributed by atoms with van der Waals surface area (Å²) in [6, 6.07) is 8.15. The quantitative estimate of drug-likeness (QED) is 0.692. The number of aromatic nitrogens is 1. The molecule has 0 radical (unpaired) electrons. The summed E-state index contributed by atoms with van der Waals surface area (Å²) >= 11 is 0. The molecule has 1 aliphatic carbocycles. The summed E-state index contributed by atoms with van der Waals surface area (Å²) in [5.74, 6) is 0.242. The van der Waals surface area contributed by atoms with Gasteiger partial charge in [-0.1, -0.05) is 13.0 Å². The summed E-state index contributed by atoms with van der Waals surface area (Å²) in [5.41, 5.74) is 1.70. The number of sulfonamides is 1. The Morgan fingerprint density at radius 1 is 1.24 bits per heavy atom. The SMILES string of the molecule is C[C@@H]1CN([C@@H](C)CO)S(=O)(=O)c2ccc(-c3ccncc3)cc2O[C@@H]1CN(C)C(=O)C1CC1. The van der Waals surface area contributed by atoms with Crippen LogP contribution in [0.2, 0.25) is 0 Å². The van der Waals surface area contributed by atoms with Crippen molar-refractivity contribution < 1.29 is 23.1 Å². The van der Waals surface area contributed by atoms with Gasteiger partial charge in [0.2, 0.25) is 15.9 Å². The van der Waals surface area contributed by atoms with Crippen molar-refractivity contribution in [1.29, 1.82) is 0 Å². The largest absolute Gasteiger partial charge is 0.487 e. The first-order valence-corrected chi connectivity index (χ1v) is 12.7. The predicted molar refractivity (Wildman–Crippen MR) is 124 cm³/mol. The minimum atomic E-state index is -3.90. The van der Waals surface area contributed by atoms with Crippen LogP contribution in [0.4, 0.5) is 0 Å². The standard InChI is InChI=1S/C24H31N3O5S/c1-16-13-27(17(2)15-28)33(30,31)23-7-6-20(18-8-10-25-11-9-18)12-21(23)32-22(16)14-26(3)24(29)19-4-5-19/h6-12,16-17,19,22,28H,4-5,13-15H2,1-3H3/t16-,17+,22-/m1/s1. The van der Waals surface area contributed by atoms with Crippen LogP contribution in [0, 0.1) is 11.8 Å². The number of likely N-dealkylation sites (N-methyl/N-ethyl adjacent to an activating group) is 1. The molecule has 1 aromatic heterocycles. The van der Waals surface area contributed by atoms with Crippen molar-refractivity contribution in [2.75, 3.05) is 26.7 Å². The monoisotopic (exact) mass is 473 g/mol. The highest BCUT2D eigenvalue weighted by molar-refractivity contribution is 7.89. The number of rotatable bonds is 6. The van der Waals surface area contributed by atoms with E-state index in [1.165, 1.54) is 4.31 Å². The average molecular weight is 474 g/mol. The number of benzene rings is 1. The Morgan fingerprint density at radius 3 is 2.58 bits per heavy atom. The molecule has 178 valence electrons. The van der Waals surface area contributed by atoms with E-state index in [4.69, 9.17) is 4.74 Å². The summed E-state index contributed by atoms with van der Waals surface area (Å²) < 4.78 is 34.8. The molecule has 1 N–H and O–H groups in total. The topological polar surface area (TPSA) is 100 Å². The first-order valence-electron chi connectivity index (χ1n) is 11.3. The Balaban J connectivity index is 1.76. The lowest BCUT2D eigenvalue weighted by molar-refractivity contribution is -0.132. The number of pyridine rings is 1. The molecule has 4 rings (SSSR count). The number of carbonyl (C=O) groups excluding carboxylic acids is 1. The number of hydrogen-bond acceptors (Lipinski definition) is 6. The number of carbonyl (C=O) groups is 1. The van der Waals surface area contributed by atoms with Gasteiger partial charge in [0.15, 0.2) is 0 Å². The molecule has 1 saturated carbocycles. The Kier molecular flexibility index (Phi) is 6.74. The van der Waals surface area contributed by atoms with Crippen LogP contribution >= 0.6 is 0 Å². The maximum atomic E-state index is 13.6. The lowest BCUT2D eigenvalue weighted by Crippen LogP contribution is -2.50. The van der Waals surface area contributed by atoms with Crippen molar-refractivity contribution in [2.24, 2.45) is 11.8 Å². The van der Waals surface area contributed by atoms with Crippen molar-refractivity contribution in [3.8, 4) is 16.9 Å². The molecule has 0 saturated heterocycles. The molecule has 2 aliphatic rings. The fourth-order valence-corrected chi connectivity index (χ4v) is 6.00. The second-order valence-electron chi connectivity index (χ2n) is 9.13. The number of fused-ring (bicyclic) bond motifs is 1. The molecule has 8 nitrogen and oxygen atoms in total. The van der Waals surface area contributed by atoms with Crippen molar-refractivity contribution in [3.63, 3.8) is 0 Å². The van der Waals surface area contributed by atoms with Crippen LogP contribution in [0.25, 0.3) is 11.1 Å². The number of amides is 1. The van der Waals surface area contributed by atoms with Crippen LogP contribution in [0.5, 0.6) is 5.75 Å². The van der Waals surface area contributed by atoms with E-state index in [1.54, 1.807) is 49.5 Å². The van der Waals surface area contributed by atoms with Crippen molar-refractivity contribution in [3.05, 3.63) is 42.7 Å². The molecule has 1 fully saturated rings. The van der Waals surface area contributed by atoms with Gasteiger partial charge in [-0.05, 0) is 55.2 Å². The third-order valence-corrected chi connectivity index (χ3v) is 8.46. The average Bonchev–Trinajstić information content (AvgIpc) is 3.66. The zero-order valence-corrected chi connectivity index (χ0v) is 20.0. The number of hydrogen-bond donors (Lipinski definition) is 1. The highest BCUT2D eigenvalue weighted by Crippen LogP contribution is 2.37. The van der Waals surface area contributed by atoms with Crippen LogP contribution in [0.15, 0.2) is 47.6 Å². The minimum absolute atomic E-state index is 0.0636. The second kappa shape index (κ2) is 9.40. The van der Waals surface area contributed by atoms with E-state index in [9.17, 15) is 18.3 Å². The maximum Gasteiger partial charge on any atom is 0.247 e. The number of aliphatic hydroxyl groups excluding tert-OH is 1. The van der Waals surface area contributed by atoms with E-state index in [1.807, 2.05) is 19.1 Å². The Hall–Kier alpha value is -2.49. The molecular weight excluding hydrogens is 442 g/mol. The molecular formula is C24H31N3O5S. The highest BCUT2D eigenvalue weighted by atomic mass is 32.2. The second-order valence-corrected chi connectivity index (χ2v) is 11.0. The first-order chi connectivity index (χ1) is 15.7. The van der Waals surface area contributed by atoms with Gasteiger partial charge < -0.3 is 14.7 Å². The third-order valence-electron chi connectivity index (χ3n) is 6.44. The number of ether oxygens (including phenoxy) is 1. The van der Waals surface area contributed by atoms with Gasteiger partial charge in [0.05, 0.1) is 13.2 Å². The van der Waals surface area contributed by atoms with E-state index in [0.29, 0.717) is 6.54 Å². The third kappa shape index (κ3) is 4.90. The number of nitrogens with zero attached hydrogens (tertiary/aromatic N) is 3. The molecule has 2 aromatic rings. The van der Waals surface area contributed by atoms with Crippen LogP contribution < -0.4 is 4.74 Å². The van der Waals surface area contributed by atoms with E-state index in [0.717, 1.165) is 24.0 Å². The summed E-state index contributed by atoms with van der Waals surface area (Å²) in [7, 11) is -2.13. The normalized spacial score (nSPS) is 23.5. The summed E-state index contributed by atoms with van der Waals surface area (Å²) in [6.45, 7) is 3.87. The summed E-state index contributed by atoms with van der Waals surface area (Å²) in [5, 5.41) is 9.76. The van der Waals surface area contributed by atoms with Crippen molar-refractivity contribution in [2.45, 2.75) is 43.7 Å². The van der Waals surface area contributed by atoms with Crippen molar-refractivity contribution >= 4 is 15.9 Å². The van der Waals surface area contributed by atoms with Crippen LogP contribution in [0.3, 0.4) is 0 Å². The molecule has 1 amide bonds. The fourth-order valence-electron chi connectivity index (χ4n) is 4.17. The van der Waals surface area contributed by atoms with E-state index >= 15 is 0 Å². The van der Waals surface area contributed by atoms with E-state index < -0.39 is 22.2 Å². The van der Waals surface area contributed by atoms with Gasteiger partial charge in [-0.3, -0.25) is 9.78 Å². The molecule has 1 aromatic carbocycles.